The minimum Gasteiger partial charge on any atom is -0.459 e. The topological polar surface area (TPSA) is 71.8 Å². The number of hydrogen-bond acceptors (Lipinski definition) is 4. The molecular weight excluding hydrogens is 346 g/mol. The highest BCUT2D eigenvalue weighted by molar-refractivity contribution is 6.00. The molecule has 1 aliphatic rings. The highest BCUT2D eigenvalue weighted by Crippen LogP contribution is 2.23. The number of furan rings is 1. The van der Waals surface area contributed by atoms with Gasteiger partial charge in [-0.3, -0.25) is 9.59 Å². The largest absolute Gasteiger partial charge is 0.459 e. The van der Waals surface area contributed by atoms with E-state index < -0.39 is 12.7 Å². The monoisotopic (exact) mass is 364 g/mol. The number of piperidine rings is 1. The second-order valence-corrected chi connectivity index (χ2v) is 5.88. The lowest BCUT2D eigenvalue weighted by atomic mass is 10.0. The van der Waals surface area contributed by atoms with Crippen molar-refractivity contribution in [2.75, 3.05) is 11.9 Å². The zero-order valence-electron chi connectivity index (χ0n) is 13.9. The first kappa shape index (κ1) is 17.9. The number of carbonyl (C=O) groups is 2. The molecule has 0 spiro atoms. The Morgan fingerprint density at radius 3 is 2.81 bits per heavy atom. The lowest BCUT2D eigenvalue weighted by molar-refractivity contribution is -0.121. The van der Waals surface area contributed by atoms with Gasteiger partial charge in [-0.1, -0.05) is 6.07 Å². The molecule has 1 aromatic heterocycles. The molecule has 138 valence electrons. The van der Waals surface area contributed by atoms with Gasteiger partial charge >= 0.3 is 6.61 Å². The van der Waals surface area contributed by atoms with Crippen LogP contribution in [0.1, 0.15) is 29.8 Å². The van der Waals surface area contributed by atoms with Gasteiger partial charge in [0.1, 0.15) is 11.8 Å². The van der Waals surface area contributed by atoms with Crippen LogP contribution in [0.15, 0.2) is 47.1 Å². The second-order valence-electron chi connectivity index (χ2n) is 5.88. The fourth-order valence-electron chi connectivity index (χ4n) is 2.96. The van der Waals surface area contributed by atoms with E-state index in [0.717, 1.165) is 12.8 Å². The molecule has 3 rings (SSSR count). The van der Waals surface area contributed by atoms with Crippen LogP contribution < -0.4 is 10.1 Å². The molecule has 2 aromatic rings. The Morgan fingerprint density at radius 2 is 2.08 bits per heavy atom. The molecule has 1 saturated heterocycles. The normalized spacial score (nSPS) is 17.2. The van der Waals surface area contributed by atoms with E-state index in [2.05, 4.69) is 10.1 Å². The van der Waals surface area contributed by atoms with Crippen molar-refractivity contribution < 1.29 is 27.5 Å². The highest BCUT2D eigenvalue weighted by atomic mass is 19.3. The number of benzene rings is 1. The van der Waals surface area contributed by atoms with Gasteiger partial charge in [0.2, 0.25) is 5.91 Å². The van der Waals surface area contributed by atoms with Crippen molar-refractivity contribution in [3.63, 3.8) is 0 Å². The van der Waals surface area contributed by atoms with Gasteiger partial charge in [0.15, 0.2) is 5.76 Å². The Kier molecular flexibility index (Phi) is 5.50. The summed E-state index contributed by atoms with van der Waals surface area (Å²) in [6.07, 6.45) is 3.54. The summed E-state index contributed by atoms with van der Waals surface area (Å²) in [7, 11) is 0. The summed E-state index contributed by atoms with van der Waals surface area (Å²) < 4.78 is 34.1. The van der Waals surface area contributed by atoms with E-state index >= 15 is 0 Å². The molecule has 1 fully saturated rings. The quantitative estimate of drug-likeness (QED) is 0.881. The number of ether oxygens (including phenoxy) is 1. The Balaban J connectivity index is 1.72. The lowest BCUT2D eigenvalue weighted by Gasteiger charge is -2.34. The van der Waals surface area contributed by atoms with E-state index in [1.165, 1.54) is 29.4 Å². The van der Waals surface area contributed by atoms with Crippen LogP contribution in [0.2, 0.25) is 0 Å². The number of hydrogen-bond donors (Lipinski definition) is 1. The van der Waals surface area contributed by atoms with E-state index in [-0.39, 0.29) is 23.3 Å². The maximum atomic E-state index is 12.7. The molecule has 6 nitrogen and oxygen atoms in total. The Hall–Kier alpha value is -2.90. The van der Waals surface area contributed by atoms with E-state index in [1.54, 1.807) is 18.2 Å². The van der Waals surface area contributed by atoms with Gasteiger partial charge in [-0.25, -0.2) is 0 Å². The van der Waals surface area contributed by atoms with Crippen molar-refractivity contribution in [3.05, 3.63) is 48.4 Å². The first-order valence-corrected chi connectivity index (χ1v) is 8.25. The third-order valence-corrected chi connectivity index (χ3v) is 4.13. The van der Waals surface area contributed by atoms with Crippen LogP contribution in [0.4, 0.5) is 14.5 Å². The van der Waals surface area contributed by atoms with Crippen molar-refractivity contribution >= 4 is 17.5 Å². The third kappa shape index (κ3) is 4.19. The van der Waals surface area contributed by atoms with Crippen LogP contribution in [0.3, 0.4) is 0 Å². The highest BCUT2D eigenvalue weighted by Gasteiger charge is 2.33. The Labute approximate surface area is 148 Å². The maximum absolute atomic E-state index is 12.7. The number of alkyl halides is 2. The maximum Gasteiger partial charge on any atom is 0.387 e. The molecule has 1 unspecified atom stereocenters. The van der Waals surface area contributed by atoms with E-state index in [1.807, 2.05) is 0 Å². The number of nitrogens with zero attached hydrogens (tertiary/aromatic N) is 1. The van der Waals surface area contributed by atoms with Gasteiger partial charge in [-0.05, 0) is 43.5 Å². The van der Waals surface area contributed by atoms with E-state index in [0.29, 0.717) is 18.7 Å². The molecule has 1 N–H and O–H groups in total. The molecule has 8 heteroatoms. The number of halogens is 2. The summed E-state index contributed by atoms with van der Waals surface area (Å²) >= 11 is 0. The molecule has 1 aliphatic heterocycles. The molecule has 0 saturated carbocycles. The fraction of sp³-hybridized carbons (Fsp3) is 0.333. The standard InChI is InChI=1S/C18H18F2N2O4/c19-18(20)26-13-6-3-5-12(11-13)21-16(23)14-7-1-2-9-22(14)17(24)15-8-4-10-25-15/h3-6,8,10-11,14,18H,1-2,7,9H2,(H,21,23). The van der Waals surface area contributed by atoms with Gasteiger partial charge in [-0.15, -0.1) is 0 Å². The number of nitrogens with one attached hydrogen (secondary N) is 1. The minimum atomic E-state index is -2.94. The molecule has 0 radical (unpaired) electrons. The summed E-state index contributed by atoms with van der Waals surface area (Å²) in [5.41, 5.74) is 0.323. The van der Waals surface area contributed by atoms with Crippen molar-refractivity contribution in [3.8, 4) is 5.75 Å². The first-order valence-electron chi connectivity index (χ1n) is 8.25. The molecule has 2 amide bonds. The smallest absolute Gasteiger partial charge is 0.387 e. The summed E-state index contributed by atoms with van der Waals surface area (Å²) in [5, 5.41) is 2.67. The van der Waals surface area contributed by atoms with Crippen LogP contribution in [0, 0.1) is 0 Å². The Bertz CT molecular complexity index is 764. The van der Waals surface area contributed by atoms with E-state index in [4.69, 9.17) is 4.42 Å². The van der Waals surface area contributed by atoms with Crippen molar-refractivity contribution in [2.24, 2.45) is 0 Å². The summed E-state index contributed by atoms with van der Waals surface area (Å²) in [4.78, 5) is 26.7. The predicted molar refractivity (Wildman–Crippen MR) is 89.1 cm³/mol. The van der Waals surface area contributed by atoms with Crippen LogP contribution in [-0.2, 0) is 4.79 Å². The number of likely N-dealkylation sites (tertiary alicyclic amines) is 1. The molecule has 1 atom stereocenters. The number of anilines is 1. The summed E-state index contributed by atoms with van der Waals surface area (Å²) in [6, 6.07) is 8.26. The third-order valence-electron chi connectivity index (χ3n) is 4.13. The van der Waals surface area contributed by atoms with Gasteiger partial charge in [-0.2, -0.15) is 8.78 Å². The van der Waals surface area contributed by atoms with Crippen LogP contribution in [0.5, 0.6) is 5.75 Å². The minimum absolute atomic E-state index is 0.0510. The van der Waals surface area contributed by atoms with Gasteiger partial charge < -0.3 is 19.4 Å². The molecule has 2 heterocycles. The average molecular weight is 364 g/mol. The van der Waals surface area contributed by atoms with Crippen LogP contribution in [0.25, 0.3) is 0 Å². The Morgan fingerprint density at radius 1 is 1.23 bits per heavy atom. The van der Waals surface area contributed by atoms with E-state index in [9.17, 15) is 18.4 Å². The first-order chi connectivity index (χ1) is 12.5. The SMILES string of the molecule is O=C(Nc1cccc(OC(F)F)c1)C1CCCCN1C(=O)c1ccco1. The average Bonchev–Trinajstić information content (AvgIpc) is 3.15. The molecule has 26 heavy (non-hydrogen) atoms. The van der Waals surface area contributed by atoms with Gasteiger partial charge in [0.25, 0.3) is 5.91 Å². The van der Waals surface area contributed by atoms with Gasteiger partial charge in [0, 0.05) is 18.3 Å². The van der Waals surface area contributed by atoms with Crippen molar-refractivity contribution in [2.45, 2.75) is 31.9 Å². The van der Waals surface area contributed by atoms with Crippen LogP contribution >= 0.6 is 0 Å². The van der Waals surface area contributed by atoms with Gasteiger partial charge in [0.05, 0.1) is 6.26 Å². The lowest BCUT2D eigenvalue weighted by Crippen LogP contribution is -2.49. The van der Waals surface area contributed by atoms with Crippen molar-refractivity contribution in [1.82, 2.24) is 4.90 Å². The zero-order chi connectivity index (χ0) is 18.5. The predicted octanol–water partition coefficient (Wildman–Crippen LogP) is 3.51. The number of amides is 2. The van der Waals surface area contributed by atoms with Crippen molar-refractivity contribution in [1.29, 1.82) is 0 Å². The fourth-order valence-corrected chi connectivity index (χ4v) is 2.96. The summed E-state index contributed by atoms with van der Waals surface area (Å²) in [5.74, 6) is -0.592. The second kappa shape index (κ2) is 7.99. The number of carbonyl (C=O) groups excluding carboxylic acids is 2. The molecular formula is C18H18F2N2O4. The zero-order valence-corrected chi connectivity index (χ0v) is 13.9. The van der Waals surface area contributed by atoms with Crippen LogP contribution in [-0.4, -0.2) is 35.9 Å². The molecule has 1 aromatic carbocycles. The summed E-state index contributed by atoms with van der Waals surface area (Å²) in [6.45, 7) is -2.49. The molecule has 0 bridgehead atoms. The number of rotatable bonds is 5. The molecule has 0 aliphatic carbocycles.